The van der Waals surface area contributed by atoms with E-state index < -0.39 is 18.1 Å². The third-order valence-electron chi connectivity index (χ3n) is 1.98. The zero-order valence-corrected chi connectivity index (χ0v) is 11.2. The molecule has 0 bridgehead atoms. The number of hydrogen-bond donors (Lipinski definition) is 0. The van der Waals surface area contributed by atoms with Crippen LogP contribution >= 0.6 is 27.5 Å². The molecule has 1 heterocycles. The molecule has 0 radical (unpaired) electrons. The maximum absolute atomic E-state index is 12.6. The quantitative estimate of drug-likeness (QED) is 0.625. The molecule has 1 aromatic heterocycles. The first-order valence-corrected chi connectivity index (χ1v) is 6.04. The molecule has 1 rings (SSSR count). The minimum Gasteiger partial charge on any atom is -0.462 e. The zero-order valence-electron chi connectivity index (χ0n) is 8.84. The van der Waals surface area contributed by atoms with Gasteiger partial charge in [-0.05, 0) is 22.9 Å². The molecule has 0 spiro atoms. The molecule has 0 saturated heterocycles. The summed E-state index contributed by atoms with van der Waals surface area (Å²) in [6.45, 7) is 1.84. The summed E-state index contributed by atoms with van der Waals surface area (Å²) in [5.74, 6) is -0.792. The summed E-state index contributed by atoms with van der Waals surface area (Å²) in [5, 5.41) is 0. The maximum atomic E-state index is 12.6. The maximum Gasteiger partial charge on any atom is 0.340 e. The average molecular weight is 329 g/mol. The number of carbonyl (C=O) groups excluding carboxylic acids is 1. The number of nitrogens with zero attached hydrogens (tertiary/aromatic N) is 1. The van der Waals surface area contributed by atoms with Gasteiger partial charge in [-0.25, -0.2) is 13.6 Å². The van der Waals surface area contributed by atoms with Crippen LogP contribution in [0.15, 0.2) is 10.7 Å². The molecule has 0 N–H and O–H groups in total. The van der Waals surface area contributed by atoms with Crippen molar-refractivity contribution in [1.29, 1.82) is 0 Å². The molecule has 7 heteroatoms. The first-order valence-electron chi connectivity index (χ1n) is 4.71. The van der Waals surface area contributed by atoms with E-state index in [4.69, 9.17) is 16.3 Å². The molecule has 0 unspecified atom stereocenters. The van der Waals surface area contributed by atoms with Crippen LogP contribution in [0.5, 0.6) is 0 Å². The Morgan fingerprint density at radius 2 is 2.29 bits per heavy atom. The number of halogens is 4. The highest BCUT2D eigenvalue weighted by atomic mass is 79.9. The van der Waals surface area contributed by atoms with Gasteiger partial charge in [0.25, 0.3) is 6.43 Å². The van der Waals surface area contributed by atoms with E-state index in [1.807, 2.05) is 0 Å². The van der Waals surface area contributed by atoms with Crippen molar-refractivity contribution in [3.05, 3.63) is 27.5 Å². The Kier molecular flexibility index (Phi) is 5.27. The van der Waals surface area contributed by atoms with E-state index in [0.717, 1.165) is 6.20 Å². The van der Waals surface area contributed by atoms with Crippen LogP contribution in [0.2, 0.25) is 0 Å². The highest BCUT2D eigenvalue weighted by Crippen LogP contribution is 2.31. The molecule has 0 aliphatic heterocycles. The van der Waals surface area contributed by atoms with Crippen molar-refractivity contribution in [2.45, 2.75) is 19.2 Å². The average Bonchev–Trinajstić information content (AvgIpc) is 2.28. The van der Waals surface area contributed by atoms with Gasteiger partial charge >= 0.3 is 5.97 Å². The summed E-state index contributed by atoms with van der Waals surface area (Å²) in [6, 6.07) is 0. The van der Waals surface area contributed by atoms with Gasteiger partial charge < -0.3 is 4.74 Å². The first-order chi connectivity index (χ1) is 8.02. The Balaban J connectivity index is 3.24. The predicted octanol–water partition coefficient (Wildman–Crippen LogP) is 3.70. The molecule has 17 heavy (non-hydrogen) atoms. The molecule has 0 saturated carbocycles. The lowest BCUT2D eigenvalue weighted by Crippen LogP contribution is -2.09. The van der Waals surface area contributed by atoms with Gasteiger partial charge in [0, 0.05) is 16.2 Å². The van der Waals surface area contributed by atoms with Crippen LogP contribution in [0.4, 0.5) is 8.78 Å². The molecule has 94 valence electrons. The van der Waals surface area contributed by atoms with Crippen molar-refractivity contribution < 1.29 is 18.3 Å². The van der Waals surface area contributed by atoms with Crippen LogP contribution in [0, 0.1) is 0 Å². The predicted molar refractivity (Wildman–Crippen MR) is 62.4 cm³/mol. The monoisotopic (exact) mass is 327 g/mol. The van der Waals surface area contributed by atoms with Gasteiger partial charge in [-0.15, -0.1) is 11.6 Å². The number of carbonyl (C=O) groups is 1. The first kappa shape index (κ1) is 14.3. The van der Waals surface area contributed by atoms with E-state index in [9.17, 15) is 13.6 Å². The Morgan fingerprint density at radius 1 is 1.65 bits per heavy atom. The van der Waals surface area contributed by atoms with Crippen LogP contribution in [0.1, 0.15) is 35.0 Å². The number of alkyl halides is 3. The smallest absolute Gasteiger partial charge is 0.340 e. The number of rotatable bonds is 4. The molecule has 0 aliphatic rings. The summed E-state index contributed by atoms with van der Waals surface area (Å²) in [6.07, 6.45) is -1.68. The van der Waals surface area contributed by atoms with Crippen molar-refractivity contribution >= 4 is 33.5 Å². The fraction of sp³-hybridized carbons (Fsp3) is 0.400. The highest BCUT2D eigenvalue weighted by molar-refractivity contribution is 9.10. The van der Waals surface area contributed by atoms with E-state index in [0.29, 0.717) is 0 Å². The molecule has 0 fully saturated rings. The normalized spacial score (nSPS) is 10.7. The van der Waals surface area contributed by atoms with Crippen molar-refractivity contribution in [2.24, 2.45) is 0 Å². The third kappa shape index (κ3) is 3.13. The Morgan fingerprint density at radius 3 is 2.76 bits per heavy atom. The molecule has 0 atom stereocenters. The van der Waals surface area contributed by atoms with Gasteiger partial charge in [0.05, 0.1) is 18.1 Å². The van der Waals surface area contributed by atoms with Crippen LogP contribution < -0.4 is 0 Å². The lowest BCUT2D eigenvalue weighted by Gasteiger charge is -2.11. The largest absolute Gasteiger partial charge is 0.462 e. The number of aromatic nitrogens is 1. The summed E-state index contributed by atoms with van der Waals surface area (Å²) >= 11 is 8.65. The van der Waals surface area contributed by atoms with E-state index in [1.54, 1.807) is 6.92 Å². The molecular formula is C10H9BrClF2NO2. The van der Waals surface area contributed by atoms with E-state index in [1.165, 1.54) is 0 Å². The SMILES string of the molecule is CCOC(=O)c1cnc(C(F)F)c(CCl)c1Br. The highest BCUT2D eigenvalue weighted by Gasteiger charge is 2.22. The van der Waals surface area contributed by atoms with E-state index >= 15 is 0 Å². The number of hydrogen-bond acceptors (Lipinski definition) is 3. The van der Waals surface area contributed by atoms with Gasteiger partial charge in [-0.1, -0.05) is 0 Å². The van der Waals surface area contributed by atoms with Crippen LogP contribution in [-0.4, -0.2) is 17.6 Å². The van der Waals surface area contributed by atoms with Gasteiger partial charge in [-0.2, -0.15) is 0 Å². The molecule has 0 amide bonds. The van der Waals surface area contributed by atoms with Crippen molar-refractivity contribution in [3.8, 4) is 0 Å². The second kappa shape index (κ2) is 6.26. The zero-order chi connectivity index (χ0) is 13.0. The summed E-state index contributed by atoms with van der Waals surface area (Å²) in [5.41, 5.74) is -0.237. The van der Waals surface area contributed by atoms with Gasteiger partial charge in [0.2, 0.25) is 0 Å². The standard InChI is InChI=1S/C10H9BrClF2NO2/c1-2-17-10(16)6-4-15-8(9(13)14)5(3-12)7(6)11/h4,9H,2-3H2,1H3. The topological polar surface area (TPSA) is 39.2 Å². The third-order valence-corrected chi connectivity index (χ3v) is 3.15. The molecule has 0 aromatic carbocycles. The Hall–Kier alpha value is -0.750. The molecule has 0 aliphatic carbocycles. The fourth-order valence-electron chi connectivity index (χ4n) is 1.21. The minimum atomic E-state index is -2.74. The molecular weight excluding hydrogens is 319 g/mol. The van der Waals surface area contributed by atoms with Gasteiger partial charge in [-0.3, -0.25) is 4.98 Å². The Bertz CT molecular complexity index is 429. The number of esters is 1. The van der Waals surface area contributed by atoms with Crippen molar-refractivity contribution in [1.82, 2.24) is 4.98 Å². The summed E-state index contributed by atoms with van der Waals surface area (Å²) < 4.78 is 30.2. The molecule has 1 aromatic rings. The summed E-state index contributed by atoms with van der Waals surface area (Å²) in [7, 11) is 0. The van der Waals surface area contributed by atoms with E-state index in [-0.39, 0.29) is 28.1 Å². The Labute approximate surface area is 110 Å². The second-order valence-corrected chi connectivity index (χ2v) is 4.06. The summed E-state index contributed by atoms with van der Waals surface area (Å²) in [4.78, 5) is 15.0. The minimum absolute atomic E-state index is 0.0897. The fourth-order valence-corrected chi connectivity index (χ4v) is 2.25. The van der Waals surface area contributed by atoms with Crippen molar-refractivity contribution in [3.63, 3.8) is 0 Å². The van der Waals surface area contributed by atoms with Crippen molar-refractivity contribution in [2.75, 3.05) is 6.61 Å². The second-order valence-electron chi connectivity index (χ2n) is 3.00. The van der Waals surface area contributed by atoms with Crippen LogP contribution in [-0.2, 0) is 10.6 Å². The van der Waals surface area contributed by atoms with Crippen LogP contribution in [0.3, 0.4) is 0 Å². The molecule has 3 nitrogen and oxygen atoms in total. The van der Waals surface area contributed by atoms with E-state index in [2.05, 4.69) is 20.9 Å². The van der Waals surface area contributed by atoms with Gasteiger partial charge in [0.15, 0.2) is 0 Å². The van der Waals surface area contributed by atoms with Gasteiger partial charge in [0.1, 0.15) is 5.69 Å². The van der Waals surface area contributed by atoms with Crippen LogP contribution in [0.25, 0.3) is 0 Å². The lowest BCUT2D eigenvalue weighted by molar-refractivity contribution is 0.0524. The number of ether oxygens (including phenoxy) is 1. The lowest BCUT2D eigenvalue weighted by atomic mass is 10.1. The number of pyridine rings is 1.